The Morgan fingerprint density at radius 1 is 1.25 bits per heavy atom. The van der Waals surface area contributed by atoms with E-state index in [-0.39, 0.29) is 0 Å². The highest BCUT2D eigenvalue weighted by Crippen LogP contribution is 2.25. The van der Waals surface area contributed by atoms with Crippen LogP contribution in [0.1, 0.15) is 45.4 Å². The van der Waals surface area contributed by atoms with Crippen LogP contribution in [0.3, 0.4) is 0 Å². The molecule has 0 aromatic rings. The smallest absolute Gasteiger partial charge is 0.0411 e. The van der Waals surface area contributed by atoms with Crippen molar-refractivity contribution in [2.75, 3.05) is 8.86 Å². The van der Waals surface area contributed by atoms with Gasteiger partial charge in [-0.1, -0.05) is 77.4 Å². The van der Waals surface area contributed by atoms with Gasteiger partial charge < -0.3 is 5.32 Å². The lowest BCUT2D eigenvalue weighted by Crippen LogP contribution is -2.30. The molecule has 0 spiro atoms. The lowest BCUT2D eigenvalue weighted by atomic mass is 10.0. The van der Waals surface area contributed by atoms with Crippen LogP contribution in [0, 0.1) is 5.92 Å². The summed E-state index contributed by atoms with van der Waals surface area (Å²) in [6, 6.07) is 0.705. The highest BCUT2D eigenvalue weighted by Gasteiger charge is 2.24. The minimum Gasteiger partial charge on any atom is -0.384 e. The average Bonchev–Trinajstić information content (AvgIpc) is 2.68. The van der Waals surface area contributed by atoms with Crippen LogP contribution in [-0.2, 0) is 0 Å². The summed E-state index contributed by atoms with van der Waals surface area (Å²) in [5.41, 5.74) is 1.52. The lowest BCUT2D eigenvalue weighted by molar-refractivity contribution is 0.510. The van der Waals surface area contributed by atoms with Crippen molar-refractivity contribution < 1.29 is 0 Å². The first kappa shape index (κ1) is 15.1. The van der Waals surface area contributed by atoms with Gasteiger partial charge in [-0.15, -0.1) is 0 Å². The maximum atomic E-state index is 3.70. The van der Waals surface area contributed by atoms with Gasteiger partial charge in [0.25, 0.3) is 0 Å². The number of halogens is 2. The molecule has 0 amide bonds. The predicted molar refractivity (Wildman–Crippen MR) is 89.6 cm³/mol. The molecular formula is C13H23I2N. The summed E-state index contributed by atoms with van der Waals surface area (Å²) in [5, 5.41) is 3.70. The Morgan fingerprint density at radius 3 is 2.69 bits per heavy atom. The Bertz CT molecular complexity index is 216. The van der Waals surface area contributed by atoms with Gasteiger partial charge in [-0.3, -0.25) is 0 Å². The second-order valence-electron chi connectivity index (χ2n) is 4.55. The van der Waals surface area contributed by atoms with Gasteiger partial charge in [0, 0.05) is 26.5 Å². The molecule has 1 unspecified atom stereocenters. The largest absolute Gasteiger partial charge is 0.384 e. The SMILES string of the molecule is CCCCCCC1=CC(CCI)[C@@H](CI)N1. The molecule has 0 fully saturated rings. The molecule has 16 heavy (non-hydrogen) atoms. The summed E-state index contributed by atoms with van der Waals surface area (Å²) in [4.78, 5) is 0. The van der Waals surface area contributed by atoms with E-state index < -0.39 is 0 Å². The Balaban J connectivity index is 2.29. The normalized spacial score (nSPS) is 24.3. The monoisotopic (exact) mass is 447 g/mol. The molecule has 3 heteroatoms. The van der Waals surface area contributed by atoms with Crippen LogP contribution in [-0.4, -0.2) is 14.9 Å². The zero-order valence-corrected chi connectivity index (χ0v) is 14.5. The number of alkyl halides is 2. The molecule has 0 aromatic heterocycles. The fourth-order valence-electron chi connectivity index (χ4n) is 2.23. The van der Waals surface area contributed by atoms with Crippen LogP contribution in [0.25, 0.3) is 0 Å². The van der Waals surface area contributed by atoms with Crippen LogP contribution in [0.15, 0.2) is 11.8 Å². The van der Waals surface area contributed by atoms with E-state index in [1.807, 2.05) is 0 Å². The van der Waals surface area contributed by atoms with Crippen molar-refractivity contribution in [3.8, 4) is 0 Å². The quantitative estimate of drug-likeness (QED) is 0.324. The van der Waals surface area contributed by atoms with Crippen molar-refractivity contribution >= 4 is 45.2 Å². The standard InChI is InChI=1S/C13H23I2N/c1-2-3-4-5-6-12-9-11(7-8-14)13(10-15)16-12/h9,11,13,16H,2-8,10H2,1H3/t11?,13-/m1/s1. The molecule has 2 atom stereocenters. The van der Waals surface area contributed by atoms with E-state index in [9.17, 15) is 0 Å². The molecule has 0 bridgehead atoms. The number of hydrogen-bond donors (Lipinski definition) is 1. The third kappa shape index (κ3) is 5.10. The Hall–Kier alpha value is 1.00. The second-order valence-corrected chi connectivity index (χ2v) is 6.51. The maximum absolute atomic E-state index is 3.70. The van der Waals surface area contributed by atoms with E-state index in [2.05, 4.69) is 63.5 Å². The predicted octanol–water partition coefficient (Wildman–Crippen LogP) is 4.69. The molecule has 1 aliphatic heterocycles. The van der Waals surface area contributed by atoms with Gasteiger partial charge in [-0.25, -0.2) is 0 Å². The fourth-order valence-corrected chi connectivity index (χ4v) is 3.82. The van der Waals surface area contributed by atoms with Gasteiger partial charge in [-0.2, -0.15) is 0 Å². The van der Waals surface area contributed by atoms with E-state index in [1.165, 1.54) is 53.1 Å². The van der Waals surface area contributed by atoms with Crippen molar-refractivity contribution in [2.24, 2.45) is 5.92 Å². The molecule has 0 radical (unpaired) electrons. The molecule has 1 nitrogen and oxygen atoms in total. The van der Waals surface area contributed by atoms with E-state index in [4.69, 9.17) is 0 Å². The van der Waals surface area contributed by atoms with Gasteiger partial charge in [0.05, 0.1) is 0 Å². The van der Waals surface area contributed by atoms with Gasteiger partial charge in [0.1, 0.15) is 0 Å². The van der Waals surface area contributed by atoms with Crippen molar-refractivity contribution in [1.29, 1.82) is 0 Å². The Morgan fingerprint density at radius 2 is 2.06 bits per heavy atom. The van der Waals surface area contributed by atoms with Crippen molar-refractivity contribution in [1.82, 2.24) is 5.32 Å². The number of allylic oxidation sites excluding steroid dienone is 1. The Kier molecular flexibility index (Phi) is 8.47. The molecular weight excluding hydrogens is 424 g/mol. The van der Waals surface area contributed by atoms with Crippen LogP contribution < -0.4 is 5.32 Å². The van der Waals surface area contributed by atoms with Gasteiger partial charge >= 0.3 is 0 Å². The first-order valence-corrected chi connectivity index (χ1v) is 9.46. The molecule has 0 aromatic carbocycles. The second kappa shape index (κ2) is 9.00. The minimum absolute atomic E-state index is 0.705. The highest BCUT2D eigenvalue weighted by atomic mass is 127. The van der Waals surface area contributed by atoms with Crippen LogP contribution in [0.5, 0.6) is 0 Å². The Labute approximate surface area is 127 Å². The van der Waals surface area contributed by atoms with Crippen LogP contribution >= 0.6 is 45.2 Å². The topological polar surface area (TPSA) is 12.0 Å². The molecule has 1 N–H and O–H groups in total. The third-order valence-electron chi connectivity index (χ3n) is 3.21. The van der Waals surface area contributed by atoms with Crippen molar-refractivity contribution in [3.63, 3.8) is 0 Å². The first-order valence-electron chi connectivity index (χ1n) is 6.41. The number of unbranched alkanes of at least 4 members (excludes halogenated alkanes) is 3. The van der Waals surface area contributed by atoms with Gasteiger partial charge in [0.2, 0.25) is 0 Å². The summed E-state index contributed by atoms with van der Waals surface area (Å²) >= 11 is 5.00. The summed E-state index contributed by atoms with van der Waals surface area (Å²) < 4.78 is 2.50. The highest BCUT2D eigenvalue weighted by molar-refractivity contribution is 14.1. The zero-order chi connectivity index (χ0) is 11.8. The lowest BCUT2D eigenvalue weighted by Gasteiger charge is -2.16. The van der Waals surface area contributed by atoms with Gasteiger partial charge in [0.15, 0.2) is 0 Å². The molecule has 0 aliphatic carbocycles. The molecule has 94 valence electrons. The van der Waals surface area contributed by atoms with Crippen molar-refractivity contribution in [3.05, 3.63) is 11.8 Å². The van der Waals surface area contributed by atoms with E-state index in [1.54, 1.807) is 0 Å². The number of nitrogens with one attached hydrogen (secondary N) is 1. The zero-order valence-electron chi connectivity index (χ0n) is 10.1. The number of rotatable bonds is 8. The summed E-state index contributed by atoms with van der Waals surface area (Å²) in [7, 11) is 0. The van der Waals surface area contributed by atoms with E-state index >= 15 is 0 Å². The first-order chi connectivity index (χ1) is 7.81. The third-order valence-corrected chi connectivity index (χ3v) is 4.78. The average molecular weight is 447 g/mol. The molecule has 1 aliphatic rings. The van der Waals surface area contributed by atoms with Crippen molar-refractivity contribution in [2.45, 2.75) is 51.5 Å². The molecule has 1 rings (SSSR count). The molecule has 0 saturated heterocycles. The fraction of sp³-hybridized carbons (Fsp3) is 0.846. The summed E-state index contributed by atoms with van der Waals surface area (Å²) in [6.45, 7) is 2.27. The summed E-state index contributed by atoms with van der Waals surface area (Å²) in [6.07, 6.45) is 10.6. The number of hydrogen-bond acceptors (Lipinski definition) is 1. The van der Waals surface area contributed by atoms with E-state index in [0.717, 1.165) is 5.92 Å². The maximum Gasteiger partial charge on any atom is 0.0411 e. The molecule has 1 heterocycles. The summed E-state index contributed by atoms with van der Waals surface area (Å²) in [5.74, 6) is 0.787. The molecule has 0 saturated carbocycles. The van der Waals surface area contributed by atoms with Crippen LogP contribution in [0.2, 0.25) is 0 Å². The minimum atomic E-state index is 0.705. The van der Waals surface area contributed by atoms with Crippen LogP contribution in [0.4, 0.5) is 0 Å². The van der Waals surface area contributed by atoms with E-state index in [0.29, 0.717) is 6.04 Å². The van der Waals surface area contributed by atoms with Gasteiger partial charge in [-0.05, 0) is 19.3 Å².